The second kappa shape index (κ2) is 5.92. The van der Waals surface area contributed by atoms with E-state index >= 15 is 0 Å². The monoisotopic (exact) mass is 324 g/mol. The molecule has 0 unspecified atom stereocenters. The first kappa shape index (κ1) is 14.6. The quantitative estimate of drug-likeness (QED) is 0.899. The summed E-state index contributed by atoms with van der Waals surface area (Å²) in [5, 5.41) is 5.49. The third-order valence-electron chi connectivity index (χ3n) is 4.24. The molecule has 1 aromatic heterocycles. The molecule has 1 saturated carbocycles. The number of nitrogens with one attached hydrogen (secondary N) is 2. The van der Waals surface area contributed by atoms with E-state index in [2.05, 4.69) is 20.6 Å². The molecule has 0 bridgehead atoms. The number of benzene rings is 1. The molecule has 24 heavy (non-hydrogen) atoms. The fourth-order valence-corrected chi connectivity index (χ4v) is 2.74. The zero-order valence-corrected chi connectivity index (χ0v) is 12.9. The summed E-state index contributed by atoms with van der Waals surface area (Å²) in [4.78, 5) is 32.2. The Morgan fingerprint density at radius 1 is 1.25 bits per heavy atom. The number of hydrogen-bond donors (Lipinski definition) is 2. The van der Waals surface area contributed by atoms with Gasteiger partial charge < -0.3 is 15.4 Å². The van der Waals surface area contributed by atoms with Crippen LogP contribution in [-0.4, -0.2) is 27.9 Å². The van der Waals surface area contributed by atoms with E-state index < -0.39 is 0 Å². The van der Waals surface area contributed by atoms with Crippen molar-refractivity contribution in [1.29, 1.82) is 0 Å². The lowest BCUT2D eigenvalue weighted by molar-refractivity contribution is -0.115. The van der Waals surface area contributed by atoms with Crippen LogP contribution >= 0.6 is 0 Å². The molecule has 0 spiro atoms. The highest BCUT2D eigenvalue weighted by atomic mass is 16.5. The van der Waals surface area contributed by atoms with Crippen molar-refractivity contribution in [1.82, 2.24) is 9.97 Å². The van der Waals surface area contributed by atoms with Gasteiger partial charge in [0.25, 0.3) is 5.91 Å². The van der Waals surface area contributed by atoms with Crippen molar-refractivity contribution in [3.05, 3.63) is 41.7 Å². The predicted octanol–water partition coefficient (Wildman–Crippen LogP) is 2.15. The van der Waals surface area contributed by atoms with E-state index in [1.54, 1.807) is 18.2 Å². The molecule has 2 aliphatic rings. The van der Waals surface area contributed by atoms with Crippen LogP contribution in [-0.2, 0) is 11.2 Å². The molecule has 122 valence electrons. The van der Waals surface area contributed by atoms with Gasteiger partial charge in [0.15, 0.2) is 0 Å². The number of ether oxygens (including phenoxy) is 1. The lowest BCUT2D eigenvalue weighted by Gasteiger charge is -2.24. The minimum absolute atomic E-state index is 0.105. The summed E-state index contributed by atoms with van der Waals surface area (Å²) in [6.07, 6.45) is 6.71. The van der Waals surface area contributed by atoms with Gasteiger partial charge in [-0.3, -0.25) is 9.59 Å². The molecule has 1 aliphatic carbocycles. The molecule has 2 amide bonds. The highest BCUT2D eigenvalue weighted by Crippen LogP contribution is 2.27. The number of hydrogen-bond acceptors (Lipinski definition) is 5. The molecule has 7 nitrogen and oxygen atoms in total. The molecule has 0 saturated heterocycles. The summed E-state index contributed by atoms with van der Waals surface area (Å²) in [5.74, 6) is -0.398. The Hall–Kier alpha value is -2.96. The average molecular weight is 324 g/mol. The molecule has 0 atom stereocenters. The van der Waals surface area contributed by atoms with Crippen LogP contribution in [0.1, 0.15) is 35.2 Å². The van der Waals surface area contributed by atoms with Crippen molar-refractivity contribution >= 4 is 23.2 Å². The minimum atomic E-state index is -0.292. The summed E-state index contributed by atoms with van der Waals surface area (Å²) in [5.41, 5.74) is 2.36. The molecule has 2 aromatic rings. The standard InChI is InChI=1S/C17H16N4O3/c22-15-7-13-12(5-2-6-14(13)21-15)16(23)20-10-8-18-17(19-9-10)24-11-3-1-4-11/h2,5-6,8-9,11H,1,3-4,7H2,(H,20,23)(H,21,22). The summed E-state index contributed by atoms with van der Waals surface area (Å²) in [7, 11) is 0. The van der Waals surface area contributed by atoms with E-state index in [1.165, 1.54) is 18.8 Å². The molecule has 2 heterocycles. The third kappa shape index (κ3) is 2.80. The zero-order chi connectivity index (χ0) is 16.5. The van der Waals surface area contributed by atoms with Crippen LogP contribution in [0.25, 0.3) is 0 Å². The number of anilines is 2. The van der Waals surface area contributed by atoms with Gasteiger partial charge >= 0.3 is 6.01 Å². The maximum absolute atomic E-state index is 12.5. The van der Waals surface area contributed by atoms with Crippen molar-refractivity contribution in [2.45, 2.75) is 31.8 Å². The highest BCUT2D eigenvalue weighted by Gasteiger charge is 2.24. The van der Waals surface area contributed by atoms with E-state index in [4.69, 9.17) is 4.74 Å². The first-order chi connectivity index (χ1) is 11.7. The van der Waals surface area contributed by atoms with E-state index in [0.29, 0.717) is 28.5 Å². The summed E-state index contributed by atoms with van der Waals surface area (Å²) < 4.78 is 5.59. The Bertz CT molecular complexity index is 800. The van der Waals surface area contributed by atoms with Crippen molar-refractivity contribution in [2.24, 2.45) is 0 Å². The Morgan fingerprint density at radius 2 is 2.04 bits per heavy atom. The molecule has 2 N–H and O–H groups in total. The molecule has 1 fully saturated rings. The van der Waals surface area contributed by atoms with Gasteiger partial charge in [-0.2, -0.15) is 0 Å². The normalized spacial score (nSPS) is 16.1. The third-order valence-corrected chi connectivity index (χ3v) is 4.24. The van der Waals surface area contributed by atoms with Gasteiger partial charge in [-0.25, -0.2) is 9.97 Å². The van der Waals surface area contributed by atoms with Crippen LogP contribution in [0.3, 0.4) is 0 Å². The Morgan fingerprint density at radius 3 is 2.75 bits per heavy atom. The number of aromatic nitrogens is 2. The van der Waals surface area contributed by atoms with E-state index in [9.17, 15) is 9.59 Å². The topological polar surface area (TPSA) is 93.2 Å². The first-order valence-corrected chi connectivity index (χ1v) is 7.91. The molecular formula is C17H16N4O3. The van der Waals surface area contributed by atoms with Crippen LogP contribution in [0.2, 0.25) is 0 Å². The lowest BCUT2D eigenvalue weighted by Crippen LogP contribution is -2.25. The van der Waals surface area contributed by atoms with Gasteiger partial charge in [-0.05, 0) is 37.0 Å². The van der Waals surface area contributed by atoms with Gasteiger partial charge in [0, 0.05) is 11.3 Å². The number of rotatable bonds is 4. The smallest absolute Gasteiger partial charge is 0.316 e. The number of amides is 2. The summed E-state index contributed by atoms with van der Waals surface area (Å²) in [6.45, 7) is 0. The number of carbonyl (C=O) groups excluding carboxylic acids is 2. The Labute approximate surface area is 138 Å². The number of nitrogens with zero attached hydrogens (tertiary/aromatic N) is 2. The molecule has 7 heteroatoms. The second-order valence-electron chi connectivity index (χ2n) is 5.94. The van der Waals surface area contributed by atoms with Crippen LogP contribution in [0, 0.1) is 0 Å². The SMILES string of the molecule is O=C1Cc2c(cccc2C(=O)Nc2cnc(OC3CCC3)nc2)N1. The fourth-order valence-electron chi connectivity index (χ4n) is 2.74. The maximum atomic E-state index is 12.5. The van der Waals surface area contributed by atoms with Crippen molar-refractivity contribution < 1.29 is 14.3 Å². The molecule has 0 radical (unpaired) electrons. The lowest BCUT2D eigenvalue weighted by atomic mass is 9.96. The van der Waals surface area contributed by atoms with Gasteiger partial charge in [-0.15, -0.1) is 0 Å². The number of carbonyl (C=O) groups is 2. The first-order valence-electron chi connectivity index (χ1n) is 7.91. The van der Waals surface area contributed by atoms with Gasteiger partial charge in [0.1, 0.15) is 6.10 Å². The van der Waals surface area contributed by atoms with Crippen LogP contribution in [0.15, 0.2) is 30.6 Å². The van der Waals surface area contributed by atoms with Crippen molar-refractivity contribution in [3.63, 3.8) is 0 Å². The van der Waals surface area contributed by atoms with E-state index in [0.717, 1.165) is 12.8 Å². The van der Waals surface area contributed by atoms with E-state index in [-0.39, 0.29) is 24.3 Å². The Balaban J connectivity index is 1.46. The van der Waals surface area contributed by atoms with Gasteiger partial charge in [0.2, 0.25) is 5.91 Å². The minimum Gasteiger partial charge on any atom is -0.460 e. The van der Waals surface area contributed by atoms with E-state index in [1.807, 2.05) is 0 Å². The maximum Gasteiger partial charge on any atom is 0.316 e. The van der Waals surface area contributed by atoms with Gasteiger partial charge in [0.05, 0.1) is 24.5 Å². The Kier molecular flexibility index (Phi) is 3.60. The van der Waals surface area contributed by atoms with Crippen molar-refractivity contribution in [3.8, 4) is 6.01 Å². The second-order valence-corrected chi connectivity index (χ2v) is 5.94. The molecule has 1 aliphatic heterocycles. The molecule has 1 aromatic carbocycles. The fraction of sp³-hybridized carbons (Fsp3) is 0.294. The van der Waals surface area contributed by atoms with Crippen LogP contribution in [0.5, 0.6) is 6.01 Å². The van der Waals surface area contributed by atoms with Gasteiger partial charge in [-0.1, -0.05) is 6.07 Å². The number of fused-ring (bicyclic) bond motifs is 1. The average Bonchev–Trinajstić information content (AvgIpc) is 2.92. The summed E-state index contributed by atoms with van der Waals surface area (Å²) in [6, 6.07) is 5.55. The van der Waals surface area contributed by atoms with Crippen LogP contribution < -0.4 is 15.4 Å². The molecular weight excluding hydrogens is 308 g/mol. The highest BCUT2D eigenvalue weighted by molar-refractivity contribution is 6.10. The van der Waals surface area contributed by atoms with Crippen molar-refractivity contribution in [2.75, 3.05) is 10.6 Å². The predicted molar refractivity (Wildman–Crippen MR) is 87.0 cm³/mol. The zero-order valence-electron chi connectivity index (χ0n) is 12.9. The molecule has 4 rings (SSSR count). The summed E-state index contributed by atoms with van der Waals surface area (Å²) >= 11 is 0. The van der Waals surface area contributed by atoms with Crippen LogP contribution in [0.4, 0.5) is 11.4 Å². The largest absolute Gasteiger partial charge is 0.460 e.